The van der Waals surface area contributed by atoms with Gasteiger partial charge >= 0.3 is 0 Å². The average Bonchev–Trinajstić information content (AvgIpc) is 3.50. The lowest BCUT2D eigenvalue weighted by molar-refractivity contribution is 0.0412. The zero-order valence-corrected chi connectivity index (χ0v) is 20.0. The number of fused-ring (bicyclic) bond motifs is 3. The number of hydrogen-bond donors (Lipinski definition) is 2. The summed E-state index contributed by atoms with van der Waals surface area (Å²) in [6, 6.07) is 14.1. The first-order chi connectivity index (χ1) is 17.2. The predicted octanol–water partition coefficient (Wildman–Crippen LogP) is 4.38. The summed E-state index contributed by atoms with van der Waals surface area (Å²) in [7, 11) is 0. The Kier molecular flexibility index (Phi) is 5.71. The van der Waals surface area contributed by atoms with E-state index >= 15 is 0 Å². The van der Waals surface area contributed by atoms with Crippen LogP contribution in [0.15, 0.2) is 48.8 Å². The Morgan fingerprint density at radius 3 is 2.97 bits per heavy atom. The van der Waals surface area contributed by atoms with Crippen LogP contribution in [0, 0.1) is 6.92 Å². The lowest BCUT2D eigenvalue weighted by Gasteiger charge is -2.26. The lowest BCUT2D eigenvalue weighted by atomic mass is 9.97. The zero-order valence-electron chi connectivity index (χ0n) is 19.2. The molecule has 4 aromatic rings. The number of carbonyl (C=O) groups is 1. The van der Waals surface area contributed by atoms with E-state index in [1.807, 2.05) is 37.3 Å². The Hall–Kier alpha value is -3.69. The van der Waals surface area contributed by atoms with Gasteiger partial charge in [0.05, 0.1) is 16.9 Å². The monoisotopic (exact) mass is 488 g/mol. The first-order valence-corrected chi connectivity index (χ1v) is 12.3. The minimum atomic E-state index is -0.141. The topological polar surface area (TPSA) is 94.6 Å². The van der Waals surface area contributed by atoms with Gasteiger partial charge in [-0.2, -0.15) is 0 Å². The third-order valence-corrected chi connectivity index (χ3v) is 7.57. The number of aryl methyl sites for hydroxylation is 1. The fraction of sp³-hybridized carbons (Fsp3) is 0.269. The molecule has 1 amide bonds. The number of nitrogens with one attached hydrogen (secondary N) is 2. The number of ether oxygens (including phenoxy) is 3. The predicted molar refractivity (Wildman–Crippen MR) is 133 cm³/mol. The van der Waals surface area contributed by atoms with Gasteiger partial charge in [0.15, 0.2) is 11.5 Å². The summed E-state index contributed by atoms with van der Waals surface area (Å²) in [5, 5.41) is 7.32. The van der Waals surface area contributed by atoms with Crippen LogP contribution in [0.25, 0.3) is 10.2 Å². The van der Waals surface area contributed by atoms with E-state index < -0.39 is 0 Å². The number of nitrogens with zero attached hydrogens (tertiary/aromatic N) is 2. The van der Waals surface area contributed by atoms with E-state index in [0.29, 0.717) is 30.4 Å². The van der Waals surface area contributed by atoms with Crippen LogP contribution in [0.3, 0.4) is 0 Å². The maximum absolute atomic E-state index is 13.1. The Labute approximate surface area is 206 Å². The standard InChI is InChI=1S/C26H24N4O4S/c1-15-22-24(27-11-16-6-7-19-20(10-16)34-14-33-19)29-13-30-26(22)35-23(15)25(31)28-12-21-18-5-3-2-4-17(18)8-9-32-21/h2-7,10,13,21H,8-9,11-12,14H2,1H3,(H,28,31)(H,27,29,30). The highest BCUT2D eigenvalue weighted by molar-refractivity contribution is 7.20. The number of carbonyl (C=O) groups excluding carboxylic acids is 1. The number of amides is 1. The van der Waals surface area contributed by atoms with Crippen LogP contribution in [0.2, 0.25) is 0 Å². The van der Waals surface area contributed by atoms with Crippen LogP contribution in [-0.4, -0.2) is 35.8 Å². The second-order valence-electron chi connectivity index (χ2n) is 8.52. The van der Waals surface area contributed by atoms with Crippen molar-refractivity contribution in [3.8, 4) is 11.5 Å². The van der Waals surface area contributed by atoms with Crippen LogP contribution < -0.4 is 20.1 Å². The quantitative estimate of drug-likeness (QED) is 0.416. The summed E-state index contributed by atoms with van der Waals surface area (Å²) >= 11 is 1.38. The van der Waals surface area contributed by atoms with Crippen LogP contribution in [-0.2, 0) is 17.7 Å². The van der Waals surface area contributed by atoms with Gasteiger partial charge < -0.3 is 24.8 Å². The molecule has 4 heterocycles. The van der Waals surface area contributed by atoms with Crippen molar-refractivity contribution in [2.24, 2.45) is 0 Å². The summed E-state index contributed by atoms with van der Waals surface area (Å²) in [4.78, 5) is 23.4. The molecule has 0 fully saturated rings. The second kappa shape index (κ2) is 9.16. The van der Waals surface area contributed by atoms with Crippen LogP contribution in [0.1, 0.15) is 38.0 Å². The minimum Gasteiger partial charge on any atom is -0.454 e. The molecular formula is C26H24N4O4S. The number of benzene rings is 2. The molecule has 9 heteroatoms. The van der Waals surface area contributed by atoms with E-state index in [2.05, 4.69) is 32.7 Å². The smallest absolute Gasteiger partial charge is 0.261 e. The van der Waals surface area contributed by atoms with Crippen molar-refractivity contribution < 1.29 is 19.0 Å². The fourth-order valence-corrected chi connectivity index (χ4v) is 5.64. The largest absolute Gasteiger partial charge is 0.454 e. The zero-order chi connectivity index (χ0) is 23.8. The highest BCUT2D eigenvalue weighted by Crippen LogP contribution is 2.35. The van der Waals surface area contributed by atoms with Gasteiger partial charge in [0.25, 0.3) is 5.91 Å². The van der Waals surface area contributed by atoms with E-state index in [4.69, 9.17) is 14.2 Å². The van der Waals surface area contributed by atoms with Gasteiger partial charge in [0, 0.05) is 13.1 Å². The molecule has 2 N–H and O–H groups in total. The van der Waals surface area contributed by atoms with E-state index in [-0.39, 0.29) is 18.8 Å². The Morgan fingerprint density at radius 1 is 1.14 bits per heavy atom. The Morgan fingerprint density at radius 2 is 2.03 bits per heavy atom. The van der Waals surface area contributed by atoms with Crippen molar-refractivity contribution >= 4 is 33.3 Å². The second-order valence-corrected chi connectivity index (χ2v) is 9.52. The third-order valence-electron chi connectivity index (χ3n) is 6.37. The molecule has 2 aromatic carbocycles. The minimum absolute atomic E-state index is 0.126. The van der Waals surface area contributed by atoms with E-state index in [1.165, 1.54) is 23.2 Å². The lowest BCUT2D eigenvalue weighted by Crippen LogP contribution is -2.31. The molecule has 0 aliphatic carbocycles. The van der Waals surface area contributed by atoms with Crippen LogP contribution in [0.4, 0.5) is 5.82 Å². The molecule has 0 saturated carbocycles. The van der Waals surface area contributed by atoms with Crippen molar-refractivity contribution in [3.63, 3.8) is 0 Å². The van der Waals surface area contributed by atoms with Crippen molar-refractivity contribution in [1.29, 1.82) is 0 Å². The molecule has 0 saturated heterocycles. The maximum Gasteiger partial charge on any atom is 0.261 e. The summed E-state index contributed by atoms with van der Waals surface area (Å²) in [6.07, 6.45) is 2.28. The first-order valence-electron chi connectivity index (χ1n) is 11.5. The molecule has 2 aromatic heterocycles. The normalized spacial score (nSPS) is 16.2. The molecule has 2 aliphatic heterocycles. The maximum atomic E-state index is 13.1. The Balaban J connectivity index is 1.18. The number of thiophene rings is 1. The Bertz CT molecular complexity index is 1420. The number of rotatable bonds is 6. The highest BCUT2D eigenvalue weighted by Gasteiger charge is 2.24. The molecule has 1 atom stereocenters. The molecule has 2 aliphatic rings. The molecule has 8 nitrogen and oxygen atoms in total. The first kappa shape index (κ1) is 21.8. The van der Waals surface area contributed by atoms with E-state index in [0.717, 1.165) is 44.8 Å². The fourth-order valence-electron chi connectivity index (χ4n) is 4.57. The SMILES string of the molecule is Cc1c(C(=O)NCC2OCCc3ccccc32)sc2ncnc(NCc3ccc4c(c3)OCO4)c12. The summed E-state index contributed by atoms with van der Waals surface area (Å²) in [5.74, 6) is 2.07. The average molecular weight is 489 g/mol. The summed E-state index contributed by atoms with van der Waals surface area (Å²) in [6.45, 7) is 3.82. The number of anilines is 1. The van der Waals surface area contributed by atoms with E-state index in [1.54, 1.807) is 0 Å². The van der Waals surface area contributed by atoms with Gasteiger partial charge in [-0.3, -0.25) is 4.79 Å². The molecule has 1 unspecified atom stereocenters. The summed E-state index contributed by atoms with van der Waals surface area (Å²) < 4.78 is 16.8. The van der Waals surface area contributed by atoms with Gasteiger partial charge in [-0.05, 0) is 47.7 Å². The van der Waals surface area contributed by atoms with Crippen molar-refractivity contribution in [2.45, 2.75) is 26.0 Å². The van der Waals surface area contributed by atoms with Crippen molar-refractivity contribution in [3.05, 3.63) is 75.9 Å². The van der Waals surface area contributed by atoms with Crippen molar-refractivity contribution in [2.75, 3.05) is 25.3 Å². The van der Waals surface area contributed by atoms with Gasteiger partial charge in [-0.25, -0.2) is 9.97 Å². The molecule has 0 spiro atoms. The van der Waals surface area contributed by atoms with Gasteiger partial charge in [-0.1, -0.05) is 30.3 Å². The van der Waals surface area contributed by atoms with Crippen LogP contribution >= 0.6 is 11.3 Å². The molecule has 178 valence electrons. The molecule has 0 radical (unpaired) electrons. The molecule has 6 rings (SSSR count). The van der Waals surface area contributed by atoms with Gasteiger partial charge in [0.2, 0.25) is 6.79 Å². The molecule has 0 bridgehead atoms. The number of aromatic nitrogens is 2. The van der Waals surface area contributed by atoms with Crippen LogP contribution in [0.5, 0.6) is 11.5 Å². The number of hydrogen-bond acceptors (Lipinski definition) is 8. The van der Waals surface area contributed by atoms with Crippen molar-refractivity contribution in [1.82, 2.24) is 15.3 Å². The molecule has 35 heavy (non-hydrogen) atoms. The van der Waals surface area contributed by atoms with E-state index in [9.17, 15) is 4.79 Å². The third kappa shape index (κ3) is 4.17. The highest BCUT2D eigenvalue weighted by atomic mass is 32.1. The van der Waals surface area contributed by atoms with Gasteiger partial charge in [0.1, 0.15) is 23.1 Å². The van der Waals surface area contributed by atoms with Gasteiger partial charge in [-0.15, -0.1) is 11.3 Å². The summed E-state index contributed by atoms with van der Waals surface area (Å²) in [5.41, 5.74) is 4.33. The molecular weight excluding hydrogens is 464 g/mol.